The molecule has 1 fully saturated rings. The Kier molecular flexibility index (Phi) is 4.82. The minimum Gasteiger partial charge on any atom is -0.397 e. The third-order valence-corrected chi connectivity index (χ3v) is 6.35. The van der Waals surface area contributed by atoms with E-state index in [4.69, 9.17) is 5.73 Å². The maximum absolute atomic E-state index is 12.1. The summed E-state index contributed by atoms with van der Waals surface area (Å²) in [4.78, 5) is 0.266. The summed E-state index contributed by atoms with van der Waals surface area (Å²) in [6, 6.07) is 5.18. The summed E-state index contributed by atoms with van der Waals surface area (Å²) < 4.78 is 25.5. The van der Waals surface area contributed by atoms with Crippen molar-refractivity contribution in [1.29, 1.82) is 0 Å². The minimum absolute atomic E-state index is 0.266. The van der Waals surface area contributed by atoms with Gasteiger partial charge in [0, 0.05) is 25.9 Å². The molecule has 0 spiro atoms. The van der Waals surface area contributed by atoms with Gasteiger partial charge in [-0.05, 0) is 36.8 Å². The zero-order chi connectivity index (χ0) is 14.8. The summed E-state index contributed by atoms with van der Waals surface area (Å²) in [6.07, 6.45) is 2.27. The number of thioether (sulfide) groups is 1. The van der Waals surface area contributed by atoms with Gasteiger partial charge in [0.2, 0.25) is 10.0 Å². The molecule has 7 heteroatoms. The topological polar surface area (TPSA) is 75.4 Å². The molecule has 0 bridgehead atoms. The molecule has 0 amide bonds. The largest absolute Gasteiger partial charge is 0.397 e. The first-order valence-corrected chi connectivity index (χ1v) is 9.17. The quantitative estimate of drug-likeness (QED) is 0.829. The van der Waals surface area contributed by atoms with Crippen LogP contribution in [0.4, 0.5) is 11.4 Å². The first-order valence-electron chi connectivity index (χ1n) is 6.57. The summed E-state index contributed by atoms with van der Waals surface area (Å²) in [5, 5.41) is 3.37. The average molecular weight is 315 g/mol. The molecule has 1 aliphatic heterocycles. The van der Waals surface area contributed by atoms with Crippen LogP contribution in [0.25, 0.3) is 0 Å². The normalized spacial score (nSPS) is 20.1. The van der Waals surface area contributed by atoms with Crippen LogP contribution >= 0.6 is 11.8 Å². The fraction of sp³-hybridized carbons (Fsp3) is 0.538. The Labute approximate surface area is 125 Å². The van der Waals surface area contributed by atoms with Crippen LogP contribution in [0.3, 0.4) is 0 Å². The summed E-state index contributed by atoms with van der Waals surface area (Å²) in [5.41, 5.74) is 7.24. The summed E-state index contributed by atoms with van der Waals surface area (Å²) in [7, 11) is -0.376. The molecule has 20 heavy (non-hydrogen) atoms. The standard InChI is InChI=1S/C13H21N3O2S2/c1-16(2)20(17,18)11-5-6-12(14)13(8-11)15-10-4-3-7-19-9-10/h5-6,8,10,15H,3-4,7,9,14H2,1-2H3. The van der Waals surface area contributed by atoms with E-state index >= 15 is 0 Å². The highest BCUT2D eigenvalue weighted by Crippen LogP contribution is 2.27. The van der Waals surface area contributed by atoms with Crippen molar-refractivity contribution in [2.45, 2.75) is 23.8 Å². The lowest BCUT2D eigenvalue weighted by atomic mass is 10.1. The molecule has 2 rings (SSSR count). The molecule has 1 unspecified atom stereocenters. The van der Waals surface area contributed by atoms with Crippen molar-refractivity contribution in [2.75, 3.05) is 36.7 Å². The molecule has 112 valence electrons. The molecule has 0 aromatic heterocycles. The van der Waals surface area contributed by atoms with Gasteiger partial charge in [0.1, 0.15) is 0 Å². The number of hydrogen-bond acceptors (Lipinski definition) is 5. The minimum atomic E-state index is -3.42. The molecule has 1 saturated heterocycles. The number of nitrogen functional groups attached to an aromatic ring is 1. The van der Waals surface area contributed by atoms with Crippen LogP contribution in [0.5, 0.6) is 0 Å². The SMILES string of the molecule is CN(C)S(=O)(=O)c1ccc(N)c(NC2CCCSC2)c1. The maximum atomic E-state index is 12.1. The lowest BCUT2D eigenvalue weighted by Crippen LogP contribution is -2.27. The van der Waals surface area contributed by atoms with Gasteiger partial charge in [-0.15, -0.1) is 0 Å². The van der Waals surface area contributed by atoms with Crippen LogP contribution < -0.4 is 11.1 Å². The Balaban J connectivity index is 2.25. The van der Waals surface area contributed by atoms with Crippen molar-refractivity contribution in [3.63, 3.8) is 0 Å². The van der Waals surface area contributed by atoms with Crippen molar-refractivity contribution in [1.82, 2.24) is 4.31 Å². The van der Waals surface area contributed by atoms with E-state index in [2.05, 4.69) is 5.32 Å². The van der Waals surface area contributed by atoms with Crippen LogP contribution in [0.1, 0.15) is 12.8 Å². The second-order valence-electron chi connectivity index (χ2n) is 5.09. The molecule has 0 radical (unpaired) electrons. The molecule has 1 heterocycles. The van der Waals surface area contributed by atoms with Crippen LogP contribution in [-0.2, 0) is 10.0 Å². The molecule has 1 atom stereocenters. The predicted molar refractivity (Wildman–Crippen MR) is 85.7 cm³/mol. The lowest BCUT2D eigenvalue weighted by Gasteiger charge is -2.24. The number of hydrogen-bond donors (Lipinski definition) is 2. The number of anilines is 2. The average Bonchev–Trinajstić information content (AvgIpc) is 2.42. The van der Waals surface area contributed by atoms with Gasteiger partial charge in [0.25, 0.3) is 0 Å². The number of nitrogens with two attached hydrogens (primary N) is 1. The van der Waals surface area contributed by atoms with Crippen LogP contribution in [0.15, 0.2) is 23.1 Å². The summed E-state index contributed by atoms with van der Waals surface area (Å²) >= 11 is 1.91. The van der Waals surface area contributed by atoms with E-state index in [1.807, 2.05) is 11.8 Å². The van der Waals surface area contributed by atoms with Crippen LogP contribution in [-0.4, -0.2) is 44.4 Å². The first-order chi connectivity index (χ1) is 9.41. The number of benzene rings is 1. The van der Waals surface area contributed by atoms with Gasteiger partial charge < -0.3 is 11.1 Å². The highest BCUT2D eigenvalue weighted by molar-refractivity contribution is 7.99. The lowest BCUT2D eigenvalue weighted by molar-refractivity contribution is 0.521. The second-order valence-corrected chi connectivity index (χ2v) is 8.40. The summed E-state index contributed by atoms with van der Waals surface area (Å²) in [5.74, 6) is 2.23. The molecule has 0 saturated carbocycles. The molecule has 1 aliphatic rings. The maximum Gasteiger partial charge on any atom is 0.242 e. The second kappa shape index (κ2) is 6.24. The third kappa shape index (κ3) is 3.39. The van der Waals surface area contributed by atoms with Crippen molar-refractivity contribution in [3.05, 3.63) is 18.2 Å². The highest BCUT2D eigenvalue weighted by atomic mass is 32.2. The number of rotatable bonds is 4. The Bertz CT molecular complexity index is 567. The first kappa shape index (κ1) is 15.5. The van der Waals surface area contributed by atoms with Gasteiger partial charge in [-0.2, -0.15) is 11.8 Å². The van der Waals surface area contributed by atoms with Crippen LogP contribution in [0.2, 0.25) is 0 Å². The smallest absolute Gasteiger partial charge is 0.242 e. The van der Waals surface area contributed by atoms with Gasteiger partial charge in [0.05, 0.1) is 16.3 Å². The van der Waals surface area contributed by atoms with Crippen molar-refractivity contribution in [2.24, 2.45) is 0 Å². The highest BCUT2D eigenvalue weighted by Gasteiger charge is 2.20. The van der Waals surface area contributed by atoms with Gasteiger partial charge in [-0.1, -0.05) is 0 Å². The predicted octanol–water partition coefficient (Wildman–Crippen LogP) is 1.83. The van der Waals surface area contributed by atoms with E-state index in [1.165, 1.54) is 30.6 Å². The number of nitrogens with zero attached hydrogens (tertiary/aromatic N) is 1. The van der Waals surface area contributed by atoms with Crippen molar-refractivity contribution < 1.29 is 8.42 Å². The number of nitrogens with one attached hydrogen (secondary N) is 1. The Morgan fingerprint density at radius 3 is 2.75 bits per heavy atom. The van der Waals surface area contributed by atoms with E-state index in [0.29, 0.717) is 17.4 Å². The molecule has 1 aromatic carbocycles. The van der Waals surface area contributed by atoms with E-state index in [0.717, 1.165) is 12.2 Å². The zero-order valence-electron chi connectivity index (χ0n) is 11.8. The van der Waals surface area contributed by atoms with Crippen LogP contribution in [0, 0.1) is 0 Å². The fourth-order valence-electron chi connectivity index (χ4n) is 2.11. The van der Waals surface area contributed by atoms with E-state index in [1.54, 1.807) is 18.2 Å². The molecular weight excluding hydrogens is 294 g/mol. The Morgan fingerprint density at radius 1 is 1.40 bits per heavy atom. The van der Waals surface area contributed by atoms with Crippen molar-refractivity contribution >= 4 is 33.2 Å². The molecule has 5 nitrogen and oxygen atoms in total. The fourth-order valence-corrected chi connectivity index (χ4v) is 4.11. The van der Waals surface area contributed by atoms with Crippen molar-refractivity contribution in [3.8, 4) is 0 Å². The molecule has 0 aliphatic carbocycles. The van der Waals surface area contributed by atoms with E-state index in [-0.39, 0.29) is 4.90 Å². The third-order valence-electron chi connectivity index (χ3n) is 3.32. The Morgan fingerprint density at radius 2 is 2.15 bits per heavy atom. The van der Waals surface area contributed by atoms with E-state index in [9.17, 15) is 8.42 Å². The number of sulfonamides is 1. The summed E-state index contributed by atoms with van der Waals surface area (Å²) in [6.45, 7) is 0. The Hall–Kier alpha value is -0.920. The molecular formula is C13H21N3O2S2. The van der Waals surface area contributed by atoms with Gasteiger partial charge in [0.15, 0.2) is 0 Å². The van der Waals surface area contributed by atoms with Gasteiger partial charge in [-0.25, -0.2) is 12.7 Å². The molecule has 3 N–H and O–H groups in total. The van der Waals surface area contributed by atoms with E-state index < -0.39 is 10.0 Å². The zero-order valence-corrected chi connectivity index (χ0v) is 13.4. The monoisotopic (exact) mass is 315 g/mol. The van der Waals surface area contributed by atoms with Gasteiger partial charge in [-0.3, -0.25) is 0 Å². The van der Waals surface area contributed by atoms with Gasteiger partial charge >= 0.3 is 0 Å². The molecule has 1 aromatic rings.